The molecule has 3 nitrogen and oxygen atoms in total. The van der Waals surface area contributed by atoms with Crippen LogP contribution in [0.5, 0.6) is 0 Å². The maximum absolute atomic E-state index is 5.90. The summed E-state index contributed by atoms with van der Waals surface area (Å²) in [4.78, 5) is 2.07. The summed E-state index contributed by atoms with van der Waals surface area (Å²) in [6.07, 6.45) is 6.13. The first-order valence-electron chi connectivity index (χ1n) is 4.98. The highest BCUT2D eigenvalue weighted by Crippen LogP contribution is 2.30. The first kappa shape index (κ1) is 9.19. The molecule has 1 aliphatic heterocycles. The van der Waals surface area contributed by atoms with Crippen molar-refractivity contribution in [2.24, 2.45) is 5.92 Å². The molecule has 1 saturated heterocycles. The van der Waals surface area contributed by atoms with Crippen molar-refractivity contribution in [3.05, 3.63) is 12.2 Å². The van der Waals surface area contributed by atoms with Crippen molar-refractivity contribution in [1.29, 1.82) is 0 Å². The van der Waals surface area contributed by atoms with Gasteiger partial charge in [0.1, 0.15) is 0 Å². The number of nitrogens with one attached hydrogen (secondary N) is 1. The number of nitrogens with zero attached hydrogens (tertiary/aromatic N) is 1. The Morgan fingerprint density at radius 3 is 2.77 bits per heavy atom. The number of rotatable bonds is 2. The molecule has 2 rings (SSSR count). The fourth-order valence-corrected chi connectivity index (χ4v) is 2.08. The van der Waals surface area contributed by atoms with Crippen LogP contribution in [-0.4, -0.2) is 37.5 Å². The highest BCUT2D eigenvalue weighted by Gasteiger charge is 2.40. The minimum Gasteiger partial charge on any atom is -0.344 e. The van der Waals surface area contributed by atoms with Gasteiger partial charge >= 0.3 is 0 Å². The number of fused-ring (bicyclic) bond motifs is 1. The van der Waals surface area contributed by atoms with E-state index in [1.54, 1.807) is 0 Å². The largest absolute Gasteiger partial charge is 0.344 e. The lowest BCUT2D eigenvalue weighted by Crippen LogP contribution is -2.39. The summed E-state index contributed by atoms with van der Waals surface area (Å²) < 4.78 is 5.90. The Hall–Kier alpha value is -0.380. The first-order valence-corrected chi connectivity index (χ1v) is 4.98. The third kappa shape index (κ3) is 1.52. The number of ether oxygens (including phenoxy) is 1. The Kier molecular flexibility index (Phi) is 2.41. The number of hydrogen-bond acceptors (Lipinski definition) is 3. The number of hydrogen-bond donors (Lipinski definition) is 1. The van der Waals surface area contributed by atoms with Gasteiger partial charge < -0.3 is 4.74 Å². The van der Waals surface area contributed by atoms with Gasteiger partial charge in [-0.05, 0) is 20.5 Å². The molecular weight excluding hydrogens is 164 g/mol. The minimum atomic E-state index is 0.0917. The van der Waals surface area contributed by atoms with Gasteiger partial charge in [-0.1, -0.05) is 19.1 Å². The van der Waals surface area contributed by atoms with Crippen LogP contribution < -0.4 is 5.32 Å². The van der Waals surface area contributed by atoms with Gasteiger partial charge in [0.05, 0.1) is 12.1 Å². The Labute approximate surface area is 79.7 Å². The molecule has 13 heavy (non-hydrogen) atoms. The van der Waals surface area contributed by atoms with E-state index in [-0.39, 0.29) is 6.35 Å². The molecule has 3 heteroatoms. The fraction of sp³-hybridized carbons (Fsp3) is 0.800. The van der Waals surface area contributed by atoms with Gasteiger partial charge in [0.15, 0.2) is 6.35 Å². The quantitative estimate of drug-likeness (QED) is 0.639. The van der Waals surface area contributed by atoms with Gasteiger partial charge in [0.25, 0.3) is 0 Å². The lowest BCUT2D eigenvalue weighted by Gasteiger charge is -2.21. The van der Waals surface area contributed by atoms with Crippen LogP contribution in [0.15, 0.2) is 12.2 Å². The topological polar surface area (TPSA) is 24.5 Å². The van der Waals surface area contributed by atoms with E-state index in [1.807, 2.05) is 14.1 Å². The Morgan fingerprint density at radius 2 is 2.15 bits per heavy atom. The van der Waals surface area contributed by atoms with Gasteiger partial charge in [-0.2, -0.15) is 0 Å². The molecule has 0 aromatic carbocycles. The van der Waals surface area contributed by atoms with Crippen LogP contribution in [0.25, 0.3) is 0 Å². The average molecular weight is 182 g/mol. The van der Waals surface area contributed by atoms with E-state index in [0.29, 0.717) is 18.1 Å². The molecule has 4 unspecified atom stereocenters. The van der Waals surface area contributed by atoms with Crippen molar-refractivity contribution < 1.29 is 4.74 Å². The van der Waals surface area contributed by atoms with E-state index in [2.05, 4.69) is 29.3 Å². The van der Waals surface area contributed by atoms with Gasteiger partial charge in [0.2, 0.25) is 0 Å². The molecule has 1 N–H and O–H groups in total. The average Bonchev–Trinajstić information content (AvgIpc) is 2.60. The first-order chi connectivity index (χ1) is 6.22. The Balaban J connectivity index is 2.01. The molecule has 0 amide bonds. The second kappa shape index (κ2) is 3.40. The zero-order chi connectivity index (χ0) is 9.42. The van der Waals surface area contributed by atoms with E-state index >= 15 is 0 Å². The van der Waals surface area contributed by atoms with Crippen molar-refractivity contribution in [1.82, 2.24) is 10.2 Å². The lowest BCUT2D eigenvalue weighted by atomic mass is 10.0. The van der Waals surface area contributed by atoms with E-state index < -0.39 is 0 Å². The molecule has 4 atom stereocenters. The second-order valence-electron chi connectivity index (χ2n) is 4.07. The summed E-state index contributed by atoms with van der Waals surface area (Å²) in [6.45, 7) is 2.21. The molecular formula is C10H18N2O. The summed E-state index contributed by atoms with van der Waals surface area (Å²) in [6, 6.07) is 0.428. The van der Waals surface area contributed by atoms with Gasteiger partial charge in [-0.15, -0.1) is 0 Å². The fourth-order valence-electron chi connectivity index (χ4n) is 2.08. The molecule has 74 valence electrons. The summed E-state index contributed by atoms with van der Waals surface area (Å²) >= 11 is 0. The highest BCUT2D eigenvalue weighted by molar-refractivity contribution is 5.14. The third-order valence-corrected chi connectivity index (χ3v) is 2.90. The van der Waals surface area contributed by atoms with Crippen LogP contribution in [-0.2, 0) is 4.74 Å². The van der Waals surface area contributed by atoms with Crippen molar-refractivity contribution in [2.75, 3.05) is 14.1 Å². The van der Waals surface area contributed by atoms with Crippen molar-refractivity contribution >= 4 is 0 Å². The minimum absolute atomic E-state index is 0.0917. The summed E-state index contributed by atoms with van der Waals surface area (Å²) in [5, 5.41) is 3.43. The van der Waals surface area contributed by atoms with Crippen LogP contribution in [0.3, 0.4) is 0 Å². The standard InChI is InChI=1S/C10H18N2O/c1-4-7-5-6-8-9(7)13-10(11-8)12(2)3/h5-11H,4H2,1-3H3. The molecule has 1 fully saturated rings. The summed E-state index contributed by atoms with van der Waals surface area (Å²) in [5.41, 5.74) is 0. The predicted octanol–water partition coefficient (Wildman–Crippen LogP) is 0.785. The summed E-state index contributed by atoms with van der Waals surface area (Å²) in [5.74, 6) is 0.599. The maximum atomic E-state index is 5.90. The predicted molar refractivity (Wildman–Crippen MR) is 52.2 cm³/mol. The van der Waals surface area contributed by atoms with Gasteiger partial charge in [-0.25, -0.2) is 0 Å². The highest BCUT2D eigenvalue weighted by atomic mass is 16.5. The molecule has 0 saturated carbocycles. The van der Waals surface area contributed by atoms with Crippen molar-refractivity contribution in [3.63, 3.8) is 0 Å². The van der Waals surface area contributed by atoms with Crippen LogP contribution in [0, 0.1) is 5.92 Å². The Bertz CT molecular complexity index is 215. The van der Waals surface area contributed by atoms with Gasteiger partial charge in [0, 0.05) is 5.92 Å². The molecule has 0 bridgehead atoms. The zero-order valence-electron chi connectivity index (χ0n) is 8.53. The molecule has 0 aromatic rings. The zero-order valence-corrected chi connectivity index (χ0v) is 8.53. The van der Waals surface area contributed by atoms with Gasteiger partial charge in [-0.3, -0.25) is 10.2 Å². The third-order valence-electron chi connectivity index (χ3n) is 2.90. The molecule has 1 heterocycles. The van der Waals surface area contributed by atoms with E-state index in [4.69, 9.17) is 4.74 Å². The van der Waals surface area contributed by atoms with E-state index in [1.165, 1.54) is 6.42 Å². The SMILES string of the molecule is CCC1C=CC2NC(N(C)C)OC12. The molecule has 0 aromatic heterocycles. The molecule has 2 aliphatic rings. The molecule has 0 spiro atoms. The van der Waals surface area contributed by atoms with Crippen molar-refractivity contribution in [3.8, 4) is 0 Å². The van der Waals surface area contributed by atoms with Crippen molar-refractivity contribution in [2.45, 2.75) is 31.8 Å². The maximum Gasteiger partial charge on any atom is 0.166 e. The lowest BCUT2D eigenvalue weighted by molar-refractivity contribution is -0.0521. The smallest absolute Gasteiger partial charge is 0.166 e. The van der Waals surface area contributed by atoms with E-state index in [9.17, 15) is 0 Å². The summed E-state index contributed by atoms with van der Waals surface area (Å²) in [7, 11) is 4.06. The molecule has 0 radical (unpaired) electrons. The normalized spacial score (nSPS) is 43.1. The van der Waals surface area contributed by atoms with Crippen LogP contribution in [0.1, 0.15) is 13.3 Å². The second-order valence-corrected chi connectivity index (χ2v) is 4.07. The van der Waals surface area contributed by atoms with Crippen LogP contribution in [0.4, 0.5) is 0 Å². The molecule has 1 aliphatic carbocycles. The Morgan fingerprint density at radius 1 is 1.38 bits per heavy atom. The van der Waals surface area contributed by atoms with E-state index in [0.717, 1.165) is 0 Å². The van der Waals surface area contributed by atoms with Crippen LogP contribution in [0.2, 0.25) is 0 Å². The monoisotopic (exact) mass is 182 g/mol. The van der Waals surface area contributed by atoms with Crippen LogP contribution >= 0.6 is 0 Å².